The molecule has 2 amide bonds. The van der Waals surface area contributed by atoms with Crippen molar-refractivity contribution in [3.8, 4) is 17.1 Å². The Hall–Kier alpha value is -5.53. The van der Waals surface area contributed by atoms with Crippen molar-refractivity contribution < 1.29 is 41.0 Å². The smallest absolute Gasteiger partial charge is 0.420 e. The first kappa shape index (κ1) is 34.6. The van der Waals surface area contributed by atoms with Gasteiger partial charge in [-0.3, -0.25) is 4.79 Å². The molecule has 5 aromatic rings. The maximum Gasteiger partial charge on any atom is 0.420 e. The summed E-state index contributed by atoms with van der Waals surface area (Å²) in [5, 5.41) is 2.90. The molecule has 0 spiro atoms. The van der Waals surface area contributed by atoms with Gasteiger partial charge in [-0.1, -0.05) is 42.5 Å². The highest BCUT2D eigenvalue weighted by molar-refractivity contribution is 5.95. The zero-order chi connectivity index (χ0) is 37.4. The Bertz CT molecular complexity index is 2260. The Labute approximate surface area is 300 Å². The van der Waals surface area contributed by atoms with Crippen LogP contribution in [0.3, 0.4) is 0 Å². The molecule has 2 aliphatic carbocycles. The van der Waals surface area contributed by atoms with Crippen molar-refractivity contribution >= 4 is 17.6 Å². The zero-order valence-corrected chi connectivity index (χ0v) is 28.9. The van der Waals surface area contributed by atoms with Gasteiger partial charge in [-0.05, 0) is 55.7 Å². The first-order chi connectivity index (χ1) is 25.1. The Morgan fingerprint density at radius 3 is 2.38 bits per heavy atom. The predicted molar refractivity (Wildman–Crippen MR) is 182 cm³/mol. The van der Waals surface area contributed by atoms with Crippen molar-refractivity contribution in [3.63, 3.8) is 0 Å². The molecule has 4 heterocycles. The van der Waals surface area contributed by atoms with Crippen LogP contribution in [0.5, 0.6) is 5.88 Å². The van der Waals surface area contributed by atoms with Crippen LogP contribution in [-0.4, -0.2) is 50.5 Å². The summed E-state index contributed by atoms with van der Waals surface area (Å²) in [6.07, 6.45) is -3.21. The van der Waals surface area contributed by atoms with Crippen LogP contribution in [0.15, 0.2) is 79.1 Å². The average molecular weight is 732 g/mol. The molecule has 3 aromatic heterocycles. The number of aromatic nitrogens is 3. The number of nitrogens with one attached hydrogen (secondary N) is 1. The van der Waals surface area contributed by atoms with Crippen LogP contribution < -0.4 is 10.1 Å². The number of fused-ring (bicyclic) bond motifs is 3. The monoisotopic (exact) mass is 731 g/mol. The molecule has 3 atom stereocenters. The fourth-order valence-electron chi connectivity index (χ4n) is 7.33. The predicted octanol–water partition coefficient (Wildman–Crippen LogP) is 7.68. The highest BCUT2D eigenvalue weighted by Gasteiger charge is 2.59. The number of benzene rings is 2. The van der Waals surface area contributed by atoms with Gasteiger partial charge in [0, 0.05) is 60.9 Å². The first-order valence-corrected chi connectivity index (χ1v) is 17.1. The Kier molecular flexibility index (Phi) is 8.00. The molecule has 2 aromatic carbocycles. The van der Waals surface area contributed by atoms with Crippen LogP contribution in [0.25, 0.3) is 16.9 Å². The van der Waals surface area contributed by atoms with Crippen LogP contribution in [0.1, 0.15) is 57.7 Å². The fourth-order valence-corrected chi connectivity index (χ4v) is 7.33. The molecule has 0 radical (unpaired) electrons. The number of aryl methyl sites for hydroxylation is 1. The Balaban J connectivity index is 1.01. The molecule has 274 valence electrons. The molecular weight excluding hydrogens is 697 g/mol. The van der Waals surface area contributed by atoms with Crippen LogP contribution in [0, 0.1) is 18.8 Å². The summed E-state index contributed by atoms with van der Waals surface area (Å²) in [7, 11) is 0. The third-order valence-electron chi connectivity index (χ3n) is 10.2. The van der Waals surface area contributed by atoms with E-state index in [2.05, 4.69) is 10.3 Å². The number of alkyl carbamates (subject to hydrolysis) is 1. The number of hydrogen-bond acceptors (Lipinski definition) is 6. The lowest BCUT2D eigenvalue weighted by molar-refractivity contribution is -0.136. The van der Waals surface area contributed by atoms with Gasteiger partial charge in [0.1, 0.15) is 18.4 Å². The number of alkyl halides is 5. The molecular formula is C39H34F5N5O4. The minimum atomic E-state index is -4.69. The number of halogens is 5. The molecule has 2 fully saturated rings. The highest BCUT2D eigenvalue weighted by Crippen LogP contribution is 2.49. The molecule has 0 bridgehead atoms. The topological polar surface area (TPSA) is 98.1 Å². The summed E-state index contributed by atoms with van der Waals surface area (Å²) < 4.78 is 82.8. The normalized spacial score (nSPS) is 20.0. The molecule has 3 aliphatic rings. The molecule has 1 N–H and O–H groups in total. The summed E-state index contributed by atoms with van der Waals surface area (Å²) >= 11 is 0. The zero-order valence-electron chi connectivity index (χ0n) is 28.9. The number of carbonyl (C=O) groups is 2. The van der Waals surface area contributed by atoms with Crippen molar-refractivity contribution in [2.24, 2.45) is 11.8 Å². The number of likely N-dealkylation sites (tertiary alicyclic amines) is 1. The van der Waals surface area contributed by atoms with Gasteiger partial charge in [0.05, 0.1) is 28.1 Å². The third kappa shape index (κ3) is 6.55. The summed E-state index contributed by atoms with van der Waals surface area (Å²) in [4.78, 5) is 36.6. The molecule has 1 saturated carbocycles. The molecule has 53 heavy (non-hydrogen) atoms. The van der Waals surface area contributed by atoms with Crippen LogP contribution in [-0.2, 0) is 35.4 Å². The number of piperidine rings is 1. The second-order valence-electron chi connectivity index (χ2n) is 14.5. The number of amides is 2. The fraction of sp³-hybridized carbons (Fsp3) is 0.333. The first-order valence-electron chi connectivity index (χ1n) is 17.1. The standard InChI is InChI=1S/C39H34F5N5O4/c1-21-16-48-17-25(12-30(34(48)45-21)39(42,43)44)35(50)49-18-27-28(19-49)33(27)53-32-14-26(37(2,3)47-36(51)52-20-22-7-5-4-6-8-22)13-31(46-32)23-9-10-29-24(11-23)15-38(29,40)41/h4-14,16-17,27-28,33H,15,18-20H2,1-3H3,(H,47,51)/t27-,28+,33?. The summed E-state index contributed by atoms with van der Waals surface area (Å²) in [5.74, 6) is -3.30. The maximum absolute atomic E-state index is 14.0. The largest absolute Gasteiger partial charge is 0.474 e. The van der Waals surface area contributed by atoms with E-state index in [1.54, 1.807) is 45.0 Å². The van der Waals surface area contributed by atoms with Gasteiger partial charge in [0.15, 0.2) is 0 Å². The minimum absolute atomic E-state index is 0.0170. The van der Waals surface area contributed by atoms with Crippen molar-refractivity contribution in [2.45, 2.75) is 57.5 Å². The van der Waals surface area contributed by atoms with Crippen LogP contribution in [0.2, 0.25) is 0 Å². The number of pyridine rings is 2. The third-order valence-corrected chi connectivity index (χ3v) is 10.2. The van der Waals surface area contributed by atoms with E-state index < -0.39 is 35.2 Å². The molecule has 9 nitrogen and oxygen atoms in total. The lowest BCUT2D eigenvalue weighted by atomic mass is 9.82. The van der Waals surface area contributed by atoms with E-state index in [4.69, 9.17) is 14.5 Å². The lowest BCUT2D eigenvalue weighted by Gasteiger charge is -2.30. The van der Waals surface area contributed by atoms with Gasteiger partial charge in [0.25, 0.3) is 11.8 Å². The molecule has 1 saturated heterocycles. The Morgan fingerprint density at radius 1 is 0.962 bits per heavy atom. The number of ether oxygens (including phenoxy) is 2. The number of carbonyl (C=O) groups excluding carboxylic acids is 2. The van der Waals surface area contributed by atoms with E-state index in [0.29, 0.717) is 28.1 Å². The minimum Gasteiger partial charge on any atom is -0.474 e. The van der Waals surface area contributed by atoms with Gasteiger partial charge in [-0.2, -0.15) is 13.2 Å². The maximum atomic E-state index is 14.0. The summed E-state index contributed by atoms with van der Waals surface area (Å²) in [5.41, 5.74) is 1.09. The second-order valence-corrected chi connectivity index (χ2v) is 14.5. The quantitative estimate of drug-likeness (QED) is 0.165. The number of rotatable bonds is 8. The average Bonchev–Trinajstić information content (AvgIpc) is 3.38. The van der Waals surface area contributed by atoms with Crippen molar-refractivity contribution in [1.82, 2.24) is 24.6 Å². The summed E-state index contributed by atoms with van der Waals surface area (Å²) in [6, 6.07) is 18.2. The number of nitrogens with zero attached hydrogens (tertiary/aromatic N) is 4. The Morgan fingerprint density at radius 2 is 1.70 bits per heavy atom. The van der Waals surface area contributed by atoms with Gasteiger partial charge in [-0.15, -0.1) is 0 Å². The van der Waals surface area contributed by atoms with Gasteiger partial charge >= 0.3 is 12.3 Å². The van der Waals surface area contributed by atoms with E-state index in [9.17, 15) is 31.5 Å². The summed E-state index contributed by atoms with van der Waals surface area (Å²) in [6.45, 7) is 5.80. The second kappa shape index (κ2) is 12.3. The van der Waals surface area contributed by atoms with Gasteiger partial charge < -0.3 is 24.1 Å². The van der Waals surface area contributed by atoms with Crippen LogP contribution in [0.4, 0.5) is 26.7 Å². The van der Waals surface area contributed by atoms with Crippen molar-refractivity contribution in [2.75, 3.05) is 13.1 Å². The number of hydrogen-bond donors (Lipinski definition) is 1. The van der Waals surface area contributed by atoms with Crippen LogP contribution >= 0.6 is 0 Å². The van der Waals surface area contributed by atoms with E-state index in [1.807, 2.05) is 30.3 Å². The molecule has 8 rings (SSSR count). The van der Waals surface area contributed by atoms with Gasteiger partial charge in [-0.25, -0.2) is 23.5 Å². The SMILES string of the molecule is Cc1cn2cc(C(=O)N3C[C@@H]4C(Oc5cc(C(C)(C)NC(=O)OCc6ccccc6)cc(-c6ccc7c(c6)CC7(F)F)n5)[C@@H]4C3)cc(C(F)(F)F)c2n1. The van der Waals surface area contributed by atoms with Gasteiger partial charge in [0.2, 0.25) is 5.88 Å². The molecule has 1 unspecified atom stereocenters. The highest BCUT2D eigenvalue weighted by atomic mass is 19.4. The van der Waals surface area contributed by atoms with Crippen molar-refractivity contribution in [3.05, 3.63) is 118 Å². The number of imidazole rings is 1. The van der Waals surface area contributed by atoms with E-state index in [-0.39, 0.29) is 66.7 Å². The lowest BCUT2D eigenvalue weighted by Crippen LogP contribution is -2.41. The van der Waals surface area contributed by atoms with E-state index in [0.717, 1.165) is 11.6 Å². The van der Waals surface area contributed by atoms with E-state index in [1.165, 1.54) is 27.8 Å². The van der Waals surface area contributed by atoms with E-state index >= 15 is 0 Å². The molecule has 14 heteroatoms. The van der Waals surface area contributed by atoms with Crippen molar-refractivity contribution in [1.29, 1.82) is 0 Å². The molecule has 1 aliphatic heterocycles.